The lowest BCUT2D eigenvalue weighted by molar-refractivity contribution is 0.276. The Morgan fingerprint density at radius 3 is 3.00 bits per heavy atom. The zero-order valence-corrected chi connectivity index (χ0v) is 10.8. The van der Waals surface area contributed by atoms with E-state index in [9.17, 15) is 4.39 Å². The molecule has 2 rings (SSSR count). The van der Waals surface area contributed by atoms with Crippen LogP contribution < -0.4 is 5.32 Å². The third-order valence-corrected chi connectivity index (χ3v) is 2.76. The Hall–Kier alpha value is -1.95. The van der Waals surface area contributed by atoms with Crippen LogP contribution in [0.1, 0.15) is 17.7 Å². The Morgan fingerprint density at radius 2 is 2.26 bits per heavy atom. The average molecular weight is 264 g/mol. The summed E-state index contributed by atoms with van der Waals surface area (Å²) in [4.78, 5) is 0. The fourth-order valence-corrected chi connectivity index (χ4v) is 1.71. The number of aliphatic hydroxyl groups excluding tert-OH is 1. The molecule has 0 aliphatic carbocycles. The molecule has 0 spiro atoms. The van der Waals surface area contributed by atoms with Crippen molar-refractivity contribution < 1.29 is 9.50 Å². The number of aromatic nitrogens is 3. The van der Waals surface area contributed by atoms with E-state index in [0.717, 1.165) is 11.4 Å². The van der Waals surface area contributed by atoms with E-state index < -0.39 is 0 Å². The maximum atomic E-state index is 13.1. The van der Waals surface area contributed by atoms with Gasteiger partial charge < -0.3 is 10.4 Å². The number of nitrogens with zero attached hydrogens (tertiary/aromatic N) is 3. The molecule has 6 heteroatoms. The molecule has 2 aromatic rings. The SMILES string of the molecule is Cc1cc(NCc2cn(CCCO)nn2)ccc1F. The Morgan fingerprint density at radius 1 is 1.42 bits per heavy atom. The molecule has 19 heavy (non-hydrogen) atoms. The summed E-state index contributed by atoms with van der Waals surface area (Å²) in [6.07, 6.45) is 2.49. The van der Waals surface area contributed by atoms with Crippen LogP contribution in [0.25, 0.3) is 0 Å². The van der Waals surface area contributed by atoms with E-state index in [1.54, 1.807) is 23.7 Å². The maximum Gasteiger partial charge on any atom is 0.126 e. The van der Waals surface area contributed by atoms with Gasteiger partial charge in [-0.1, -0.05) is 5.21 Å². The molecule has 0 unspecified atom stereocenters. The zero-order chi connectivity index (χ0) is 13.7. The number of aliphatic hydroxyl groups is 1. The maximum absolute atomic E-state index is 13.1. The summed E-state index contributed by atoms with van der Waals surface area (Å²) in [7, 11) is 0. The minimum Gasteiger partial charge on any atom is -0.396 e. The first kappa shape index (κ1) is 13.5. The predicted octanol–water partition coefficient (Wildman–Crippen LogP) is 1.72. The van der Waals surface area contributed by atoms with Gasteiger partial charge in [0, 0.05) is 18.8 Å². The first-order valence-corrected chi connectivity index (χ1v) is 6.19. The third-order valence-electron chi connectivity index (χ3n) is 2.76. The lowest BCUT2D eigenvalue weighted by atomic mass is 10.2. The van der Waals surface area contributed by atoms with Crippen molar-refractivity contribution >= 4 is 5.69 Å². The fraction of sp³-hybridized carbons (Fsp3) is 0.385. The van der Waals surface area contributed by atoms with Gasteiger partial charge in [-0.25, -0.2) is 4.39 Å². The lowest BCUT2D eigenvalue weighted by Gasteiger charge is -2.05. The zero-order valence-electron chi connectivity index (χ0n) is 10.8. The highest BCUT2D eigenvalue weighted by Crippen LogP contribution is 2.14. The highest BCUT2D eigenvalue weighted by Gasteiger charge is 2.02. The van der Waals surface area contributed by atoms with Crippen molar-refractivity contribution in [2.75, 3.05) is 11.9 Å². The lowest BCUT2D eigenvalue weighted by Crippen LogP contribution is -2.01. The molecule has 0 fully saturated rings. The summed E-state index contributed by atoms with van der Waals surface area (Å²) >= 11 is 0. The van der Waals surface area contributed by atoms with Gasteiger partial charge in [-0.2, -0.15) is 0 Å². The number of rotatable bonds is 6. The van der Waals surface area contributed by atoms with E-state index in [1.165, 1.54) is 6.07 Å². The van der Waals surface area contributed by atoms with Gasteiger partial charge in [-0.05, 0) is 37.1 Å². The van der Waals surface area contributed by atoms with Crippen molar-refractivity contribution in [3.63, 3.8) is 0 Å². The normalized spacial score (nSPS) is 10.7. The highest BCUT2D eigenvalue weighted by atomic mass is 19.1. The molecule has 0 amide bonds. The van der Waals surface area contributed by atoms with Crippen LogP contribution in [-0.4, -0.2) is 26.7 Å². The van der Waals surface area contributed by atoms with Crippen LogP contribution in [0.2, 0.25) is 0 Å². The van der Waals surface area contributed by atoms with Crippen molar-refractivity contribution in [2.24, 2.45) is 0 Å². The van der Waals surface area contributed by atoms with Crippen LogP contribution in [0.3, 0.4) is 0 Å². The molecule has 102 valence electrons. The van der Waals surface area contributed by atoms with Gasteiger partial charge in [0.05, 0.1) is 12.7 Å². The van der Waals surface area contributed by atoms with Crippen LogP contribution >= 0.6 is 0 Å². The number of benzene rings is 1. The van der Waals surface area contributed by atoms with Crippen LogP contribution in [0, 0.1) is 12.7 Å². The minimum absolute atomic E-state index is 0.141. The standard InChI is InChI=1S/C13H17FN4O/c1-10-7-11(3-4-13(10)14)15-8-12-9-18(17-16-12)5-2-6-19/h3-4,7,9,15,19H,2,5-6,8H2,1H3. The quantitative estimate of drug-likeness (QED) is 0.834. The smallest absolute Gasteiger partial charge is 0.126 e. The Kier molecular flexibility index (Phi) is 4.46. The summed E-state index contributed by atoms with van der Waals surface area (Å²) in [5.41, 5.74) is 2.26. The first-order chi connectivity index (χ1) is 9.19. The number of aryl methyl sites for hydroxylation is 2. The second kappa shape index (κ2) is 6.29. The van der Waals surface area contributed by atoms with Crippen LogP contribution in [0.5, 0.6) is 0 Å². The molecule has 1 heterocycles. The van der Waals surface area contributed by atoms with Crippen LogP contribution in [0.15, 0.2) is 24.4 Å². The molecule has 0 saturated heterocycles. The van der Waals surface area contributed by atoms with Crippen LogP contribution in [0.4, 0.5) is 10.1 Å². The Bertz CT molecular complexity index is 541. The van der Waals surface area contributed by atoms with E-state index in [1.807, 2.05) is 6.20 Å². The molecule has 0 radical (unpaired) electrons. The van der Waals surface area contributed by atoms with Crippen molar-refractivity contribution in [3.8, 4) is 0 Å². The van der Waals surface area contributed by atoms with Gasteiger partial charge in [-0.3, -0.25) is 4.68 Å². The van der Waals surface area contributed by atoms with Gasteiger partial charge in [0.1, 0.15) is 11.5 Å². The molecule has 5 nitrogen and oxygen atoms in total. The van der Waals surface area contributed by atoms with Crippen molar-refractivity contribution in [1.29, 1.82) is 0 Å². The monoisotopic (exact) mass is 264 g/mol. The second-order valence-electron chi connectivity index (χ2n) is 4.37. The molecular formula is C13H17FN4O. The number of nitrogens with one attached hydrogen (secondary N) is 1. The number of hydrogen-bond acceptors (Lipinski definition) is 4. The van der Waals surface area contributed by atoms with Crippen LogP contribution in [-0.2, 0) is 13.1 Å². The molecule has 0 atom stereocenters. The molecular weight excluding hydrogens is 247 g/mol. The number of halogens is 1. The number of anilines is 1. The van der Waals surface area contributed by atoms with Crippen molar-refractivity contribution in [3.05, 3.63) is 41.5 Å². The largest absolute Gasteiger partial charge is 0.396 e. The van der Waals surface area contributed by atoms with E-state index in [0.29, 0.717) is 25.1 Å². The highest BCUT2D eigenvalue weighted by molar-refractivity contribution is 5.46. The molecule has 0 bridgehead atoms. The van der Waals surface area contributed by atoms with E-state index >= 15 is 0 Å². The summed E-state index contributed by atoms with van der Waals surface area (Å²) in [5.74, 6) is -0.208. The van der Waals surface area contributed by atoms with Crippen molar-refractivity contribution in [2.45, 2.75) is 26.4 Å². The summed E-state index contributed by atoms with van der Waals surface area (Å²) in [5, 5.41) is 19.9. The number of hydrogen-bond donors (Lipinski definition) is 2. The Labute approximate surface area is 111 Å². The average Bonchev–Trinajstić information content (AvgIpc) is 2.86. The van der Waals surface area contributed by atoms with Gasteiger partial charge in [-0.15, -0.1) is 5.10 Å². The summed E-state index contributed by atoms with van der Waals surface area (Å²) in [6, 6.07) is 4.89. The van der Waals surface area contributed by atoms with E-state index in [2.05, 4.69) is 15.6 Å². The van der Waals surface area contributed by atoms with E-state index in [4.69, 9.17) is 5.11 Å². The topological polar surface area (TPSA) is 63.0 Å². The molecule has 0 saturated carbocycles. The fourth-order valence-electron chi connectivity index (χ4n) is 1.71. The van der Waals surface area contributed by atoms with Crippen molar-refractivity contribution in [1.82, 2.24) is 15.0 Å². The van der Waals surface area contributed by atoms with Gasteiger partial charge >= 0.3 is 0 Å². The van der Waals surface area contributed by atoms with Gasteiger partial charge in [0.2, 0.25) is 0 Å². The predicted molar refractivity (Wildman–Crippen MR) is 70.2 cm³/mol. The first-order valence-electron chi connectivity index (χ1n) is 6.19. The molecule has 1 aromatic carbocycles. The van der Waals surface area contributed by atoms with E-state index in [-0.39, 0.29) is 12.4 Å². The Balaban J connectivity index is 1.91. The molecule has 2 N–H and O–H groups in total. The third kappa shape index (κ3) is 3.75. The summed E-state index contributed by atoms with van der Waals surface area (Å²) in [6.45, 7) is 3.05. The molecule has 0 aliphatic heterocycles. The molecule has 1 aromatic heterocycles. The second-order valence-corrected chi connectivity index (χ2v) is 4.37. The molecule has 0 aliphatic rings. The van der Waals surface area contributed by atoms with Gasteiger partial charge in [0.15, 0.2) is 0 Å². The van der Waals surface area contributed by atoms with Gasteiger partial charge in [0.25, 0.3) is 0 Å². The minimum atomic E-state index is -0.208. The summed E-state index contributed by atoms with van der Waals surface area (Å²) < 4.78 is 14.8.